The first kappa shape index (κ1) is 14.9. The van der Waals surface area contributed by atoms with E-state index in [0.717, 1.165) is 0 Å². The molecule has 16 heavy (non-hydrogen) atoms. The highest BCUT2D eigenvalue weighted by Gasteiger charge is 2.30. The van der Waals surface area contributed by atoms with Gasteiger partial charge in [0.1, 0.15) is 0 Å². The molecule has 0 rings (SSSR count). The van der Waals surface area contributed by atoms with Crippen molar-refractivity contribution in [3.8, 4) is 6.07 Å². The molecular weight excluding hydrogens is 218 g/mol. The van der Waals surface area contributed by atoms with Crippen molar-refractivity contribution in [3.63, 3.8) is 0 Å². The molecule has 0 atom stereocenters. The first-order valence-electron chi connectivity index (χ1n) is 5.46. The van der Waals surface area contributed by atoms with Crippen LogP contribution in [0.15, 0.2) is 10.8 Å². The van der Waals surface area contributed by atoms with Gasteiger partial charge in [-0.15, -0.1) is 0 Å². The zero-order chi connectivity index (χ0) is 12.9. The quantitative estimate of drug-likeness (QED) is 0.328. The fraction of sp³-hybridized carbons (Fsp3) is 0.667. The molecule has 0 fully saturated rings. The number of hydrogen-bond donors (Lipinski definition) is 0. The molecule has 0 heterocycles. The van der Waals surface area contributed by atoms with Crippen LogP contribution in [0.4, 0.5) is 0 Å². The van der Waals surface area contributed by atoms with Crippen LogP contribution in [0.3, 0.4) is 0 Å². The number of nitriles is 1. The van der Waals surface area contributed by atoms with Crippen LogP contribution < -0.4 is 0 Å². The average molecular weight is 239 g/mol. The van der Waals surface area contributed by atoms with Crippen molar-refractivity contribution in [1.82, 2.24) is 0 Å². The molecule has 90 valence electrons. The fourth-order valence-corrected chi connectivity index (χ4v) is 3.37. The molecule has 0 unspecified atom stereocenters. The summed E-state index contributed by atoms with van der Waals surface area (Å²) in [6.45, 7) is 10.2. The number of allylic oxidation sites excluding steroid dienone is 1. The number of methoxy groups -OCH3 is 1. The highest BCUT2D eigenvalue weighted by atomic mass is 28.3. The predicted octanol–water partition coefficient (Wildman–Crippen LogP) is 2.90. The number of esters is 1. The summed E-state index contributed by atoms with van der Waals surface area (Å²) >= 11 is 0. The SMILES string of the molecule is COC(=O)/C(=C(\C#N)CC(C)C)[Si](C)(C)C. The van der Waals surface area contributed by atoms with Crippen molar-refractivity contribution in [2.45, 2.75) is 39.9 Å². The fourth-order valence-electron chi connectivity index (χ4n) is 1.60. The highest BCUT2D eigenvalue weighted by Crippen LogP contribution is 2.24. The monoisotopic (exact) mass is 239 g/mol. The molecule has 3 nitrogen and oxygen atoms in total. The van der Waals surface area contributed by atoms with Gasteiger partial charge in [0.2, 0.25) is 0 Å². The van der Waals surface area contributed by atoms with Gasteiger partial charge in [0.15, 0.2) is 0 Å². The van der Waals surface area contributed by atoms with Crippen molar-refractivity contribution < 1.29 is 9.53 Å². The number of rotatable bonds is 4. The van der Waals surface area contributed by atoms with Crippen LogP contribution >= 0.6 is 0 Å². The maximum Gasteiger partial charge on any atom is 0.330 e. The predicted molar refractivity (Wildman–Crippen MR) is 67.5 cm³/mol. The topological polar surface area (TPSA) is 50.1 Å². The van der Waals surface area contributed by atoms with E-state index >= 15 is 0 Å². The summed E-state index contributed by atoms with van der Waals surface area (Å²) in [7, 11) is -0.471. The second kappa shape index (κ2) is 5.85. The first-order valence-corrected chi connectivity index (χ1v) is 8.96. The number of hydrogen-bond acceptors (Lipinski definition) is 3. The van der Waals surface area contributed by atoms with Crippen molar-refractivity contribution in [2.75, 3.05) is 7.11 Å². The Bertz CT molecular complexity index is 332. The van der Waals surface area contributed by atoms with Gasteiger partial charge in [-0.25, -0.2) is 4.79 Å². The Morgan fingerprint density at radius 1 is 1.38 bits per heavy atom. The van der Waals surface area contributed by atoms with Crippen LogP contribution in [0.5, 0.6) is 0 Å². The molecule has 0 spiro atoms. The van der Waals surface area contributed by atoms with E-state index in [1.165, 1.54) is 7.11 Å². The molecule has 0 radical (unpaired) electrons. The van der Waals surface area contributed by atoms with Crippen molar-refractivity contribution in [3.05, 3.63) is 10.8 Å². The number of carbonyl (C=O) groups excluding carboxylic acids is 1. The van der Waals surface area contributed by atoms with Crippen LogP contribution in [0, 0.1) is 17.2 Å². The van der Waals surface area contributed by atoms with Crippen molar-refractivity contribution in [2.24, 2.45) is 5.92 Å². The summed E-state index contributed by atoms with van der Waals surface area (Å²) in [6, 6.07) is 2.17. The van der Waals surface area contributed by atoms with Gasteiger partial charge in [-0.05, 0) is 12.3 Å². The Labute approximate surface area is 99.1 Å². The molecule has 0 bridgehead atoms. The van der Waals surface area contributed by atoms with Gasteiger partial charge in [-0.1, -0.05) is 33.5 Å². The Kier molecular flexibility index (Phi) is 5.46. The Hall–Kier alpha value is -1.08. The van der Waals surface area contributed by atoms with E-state index in [2.05, 4.69) is 25.7 Å². The molecule has 0 aromatic heterocycles. The molecule has 0 saturated carbocycles. The molecule has 0 aliphatic rings. The third kappa shape index (κ3) is 4.19. The van der Waals surface area contributed by atoms with Crippen LogP contribution in [-0.2, 0) is 9.53 Å². The molecule has 0 aromatic carbocycles. The van der Waals surface area contributed by atoms with E-state index in [1.807, 2.05) is 13.8 Å². The van der Waals surface area contributed by atoms with Crippen molar-refractivity contribution >= 4 is 14.0 Å². The molecular formula is C12H21NO2Si. The van der Waals surface area contributed by atoms with E-state index in [1.54, 1.807) is 0 Å². The van der Waals surface area contributed by atoms with E-state index in [9.17, 15) is 4.79 Å². The van der Waals surface area contributed by atoms with Gasteiger partial charge in [0.05, 0.1) is 21.3 Å². The van der Waals surface area contributed by atoms with Gasteiger partial charge in [-0.2, -0.15) is 5.26 Å². The van der Waals surface area contributed by atoms with E-state index in [4.69, 9.17) is 10.00 Å². The Balaban J connectivity index is 5.51. The molecule has 4 heteroatoms. The van der Waals surface area contributed by atoms with Gasteiger partial charge < -0.3 is 4.74 Å². The molecule has 0 aromatic rings. The zero-order valence-corrected chi connectivity index (χ0v) is 12.0. The number of ether oxygens (including phenoxy) is 1. The van der Waals surface area contributed by atoms with E-state index < -0.39 is 8.07 Å². The molecule has 0 saturated heterocycles. The molecule has 0 N–H and O–H groups in total. The largest absolute Gasteiger partial charge is 0.466 e. The summed E-state index contributed by atoms with van der Waals surface area (Å²) < 4.78 is 4.79. The smallest absolute Gasteiger partial charge is 0.330 e. The van der Waals surface area contributed by atoms with Gasteiger partial charge >= 0.3 is 5.97 Å². The van der Waals surface area contributed by atoms with Gasteiger partial charge in [0, 0.05) is 10.8 Å². The minimum atomic E-state index is -1.84. The number of nitrogens with zero attached hydrogens (tertiary/aromatic N) is 1. The normalized spacial score (nSPS) is 13.1. The summed E-state index contributed by atoms with van der Waals surface area (Å²) in [4.78, 5) is 11.7. The van der Waals surface area contributed by atoms with Crippen molar-refractivity contribution in [1.29, 1.82) is 5.26 Å². The zero-order valence-electron chi connectivity index (χ0n) is 11.0. The second-order valence-electron chi connectivity index (χ2n) is 5.30. The summed E-state index contributed by atoms with van der Waals surface area (Å²) in [5.74, 6) is 0.0297. The second-order valence-corrected chi connectivity index (χ2v) is 10.3. The summed E-state index contributed by atoms with van der Waals surface area (Å²) in [5, 5.41) is 9.79. The lowest BCUT2D eigenvalue weighted by Crippen LogP contribution is -2.32. The minimum Gasteiger partial charge on any atom is -0.466 e. The average Bonchev–Trinajstić information content (AvgIpc) is 2.13. The maximum atomic E-state index is 11.7. The standard InChI is InChI=1S/C12H21NO2Si/c1-9(2)7-10(8-13)11(12(14)15-3)16(4,5)6/h9H,7H2,1-6H3/b11-10+. The third-order valence-electron chi connectivity index (χ3n) is 2.19. The van der Waals surface area contributed by atoms with E-state index in [0.29, 0.717) is 23.1 Å². The van der Waals surface area contributed by atoms with Crippen LogP contribution in [0.25, 0.3) is 0 Å². The Morgan fingerprint density at radius 2 is 1.88 bits per heavy atom. The minimum absolute atomic E-state index is 0.337. The lowest BCUT2D eigenvalue weighted by Gasteiger charge is -2.21. The molecule has 0 aliphatic carbocycles. The highest BCUT2D eigenvalue weighted by molar-refractivity contribution is 6.87. The summed E-state index contributed by atoms with van der Waals surface area (Å²) in [6.07, 6.45) is 0.644. The van der Waals surface area contributed by atoms with Gasteiger partial charge in [0.25, 0.3) is 0 Å². The lowest BCUT2D eigenvalue weighted by molar-refractivity contribution is -0.135. The van der Waals surface area contributed by atoms with Gasteiger partial charge in [-0.3, -0.25) is 0 Å². The Morgan fingerprint density at radius 3 is 2.12 bits per heavy atom. The summed E-state index contributed by atoms with van der Waals surface area (Å²) in [5.41, 5.74) is 0.598. The maximum absolute atomic E-state index is 11.7. The molecule has 0 amide bonds. The third-order valence-corrected chi connectivity index (χ3v) is 4.19. The van der Waals surface area contributed by atoms with E-state index in [-0.39, 0.29) is 5.97 Å². The molecule has 0 aliphatic heterocycles. The van der Waals surface area contributed by atoms with Crippen LogP contribution in [0.1, 0.15) is 20.3 Å². The number of carbonyl (C=O) groups is 1. The lowest BCUT2D eigenvalue weighted by atomic mass is 10.0. The van der Waals surface area contributed by atoms with Crippen LogP contribution in [-0.4, -0.2) is 21.2 Å². The first-order chi connectivity index (χ1) is 7.23. The van der Waals surface area contributed by atoms with Crippen LogP contribution in [0.2, 0.25) is 19.6 Å².